The summed E-state index contributed by atoms with van der Waals surface area (Å²) in [5, 5.41) is 1.23. The minimum absolute atomic E-state index is 0. The van der Waals surface area contributed by atoms with Gasteiger partial charge in [0.15, 0.2) is 13.2 Å². The maximum absolute atomic E-state index is 10.7. The van der Waals surface area contributed by atoms with Crippen LogP contribution >= 0.6 is 11.3 Å². The number of nitrogens with zero attached hydrogens (tertiary/aromatic N) is 1. The number of esters is 1. The van der Waals surface area contributed by atoms with Crippen LogP contribution in [0.1, 0.15) is 11.9 Å². The van der Waals surface area contributed by atoms with Crippen molar-refractivity contribution in [2.24, 2.45) is 0 Å². The van der Waals surface area contributed by atoms with E-state index in [1.807, 2.05) is 12.1 Å². The van der Waals surface area contributed by atoms with Gasteiger partial charge in [-0.15, -0.1) is 0 Å². The molecular weight excluding hydrogens is 349 g/mol. The fraction of sp³-hybridized carbons (Fsp3) is 0.333. The number of hydrogen-bond acceptors (Lipinski definition) is 3. The predicted octanol–water partition coefficient (Wildman–Crippen LogP) is -0.936. The number of ether oxygens (including phenoxy) is 1. The SMILES string of the molecule is CC(=O)OCC[n+]1c(C)sc2ccccc21.[I-]. The average Bonchev–Trinajstić information content (AvgIpc) is 2.55. The van der Waals surface area contributed by atoms with Gasteiger partial charge in [0.25, 0.3) is 0 Å². The second-order valence-electron chi connectivity index (χ2n) is 3.58. The first-order valence-electron chi connectivity index (χ1n) is 5.20. The normalized spacial score (nSPS) is 10.0. The second-order valence-corrected chi connectivity index (χ2v) is 4.82. The number of rotatable bonds is 3. The number of carbonyl (C=O) groups is 1. The second kappa shape index (κ2) is 6.30. The van der Waals surface area contributed by atoms with E-state index in [4.69, 9.17) is 4.74 Å². The molecule has 0 amide bonds. The van der Waals surface area contributed by atoms with E-state index in [1.54, 1.807) is 11.3 Å². The Kier molecular flexibility index (Phi) is 5.32. The third-order valence-electron chi connectivity index (χ3n) is 2.41. The molecule has 5 heteroatoms. The largest absolute Gasteiger partial charge is 1.00 e. The minimum atomic E-state index is -0.224. The van der Waals surface area contributed by atoms with Crippen molar-refractivity contribution in [2.45, 2.75) is 20.4 Å². The van der Waals surface area contributed by atoms with E-state index in [9.17, 15) is 4.79 Å². The van der Waals surface area contributed by atoms with Gasteiger partial charge < -0.3 is 28.7 Å². The molecule has 0 spiro atoms. The van der Waals surface area contributed by atoms with Gasteiger partial charge in [-0.3, -0.25) is 4.79 Å². The molecular formula is C12H14INO2S. The molecule has 17 heavy (non-hydrogen) atoms. The van der Waals surface area contributed by atoms with Crippen LogP contribution in [0.4, 0.5) is 0 Å². The molecule has 2 aromatic rings. The number of para-hydroxylation sites is 1. The lowest BCUT2D eigenvalue weighted by Crippen LogP contribution is -3.00. The van der Waals surface area contributed by atoms with Crippen molar-refractivity contribution in [1.82, 2.24) is 0 Å². The van der Waals surface area contributed by atoms with E-state index in [2.05, 4.69) is 23.6 Å². The Hall–Kier alpha value is -0.690. The van der Waals surface area contributed by atoms with Gasteiger partial charge in [-0.25, -0.2) is 0 Å². The van der Waals surface area contributed by atoms with Crippen LogP contribution in [0.3, 0.4) is 0 Å². The van der Waals surface area contributed by atoms with Gasteiger partial charge in [0.05, 0.1) is 0 Å². The van der Waals surface area contributed by atoms with Crippen LogP contribution in [0.15, 0.2) is 24.3 Å². The Labute approximate surface area is 121 Å². The monoisotopic (exact) mass is 363 g/mol. The molecule has 0 atom stereocenters. The van der Waals surface area contributed by atoms with Gasteiger partial charge in [0.2, 0.25) is 10.5 Å². The molecule has 0 saturated carbocycles. The van der Waals surface area contributed by atoms with E-state index in [0.717, 1.165) is 6.54 Å². The number of aromatic nitrogens is 1. The molecule has 1 heterocycles. The molecule has 92 valence electrons. The van der Waals surface area contributed by atoms with Crippen molar-refractivity contribution in [3.63, 3.8) is 0 Å². The fourth-order valence-electron chi connectivity index (χ4n) is 1.71. The van der Waals surface area contributed by atoms with Gasteiger partial charge in [0, 0.05) is 19.9 Å². The number of thiazole rings is 1. The molecule has 0 aliphatic carbocycles. The highest BCUT2D eigenvalue weighted by Crippen LogP contribution is 2.18. The predicted molar refractivity (Wildman–Crippen MR) is 63.4 cm³/mol. The summed E-state index contributed by atoms with van der Waals surface area (Å²) in [7, 11) is 0. The Morgan fingerprint density at radius 3 is 2.82 bits per heavy atom. The molecule has 0 radical (unpaired) electrons. The summed E-state index contributed by atoms with van der Waals surface area (Å²) in [4.78, 5) is 10.7. The van der Waals surface area contributed by atoms with E-state index < -0.39 is 0 Å². The molecule has 0 N–H and O–H groups in total. The first-order valence-corrected chi connectivity index (χ1v) is 6.01. The van der Waals surface area contributed by atoms with Gasteiger partial charge in [-0.1, -0.05) is 23.5 Å². The Balaban J connectivity index is 0.00000144. The highest BCUT2D eigenvalue weighted by molar-refractivity contribution is 7.18. The topological polar surface area (TPSA) is 30.2 Å². The molecule has 0 fully saturated rings. The standard InChI is InChI=1S/C12H14NO2S.HI/c1-9-13(7-8-15-10(2)14)11-5-3-4-6-12(11)16-9;/h3-6H,7-8H2,1-2H3;1H/q+1;/p-1. The van der Waals surface area contributed by atoms with Crippen LogP contribution in [0.5, 0.6) is 0 Å². The molecule has 0 unspecified atom stereocenters. The molecule has 0 aliphatic rings. The van der Waals surface area contributed by atoms with Gasteiger partial charge in [-0.05, 0) is 6.07 Å². The van der Waals surface area contributed by atoms with E-state index in [1.165, 1.54) is 22.1 Å². The lowest BCUT2D eigenvalue weighted by Gasteiger charge is -1.98. The van der Waals surface area contributed by atoms with Crippen LogP contribution < -0.4 is 28.5 Å². The quantitative estimate of drug-likeness (QED) is 0.401. The van der Waals surface area contributed by atoms with Crippen molar-refractivity contribution < 1.29 is 38.1 Å². The number of hydrogen-bond donors (Lipinski definition) is 0. The van der Waals surface area contributed by atoms with Gasteiger partial charge >= 0.3 is 5.97 Å². The molecule has 3 nitrogen and oxygen atoms in total. The molecule has 0 bridgehead atoms. The van der Waals surface area contributed by atoms with Crippen LogP contribution in [0, 0.1) is 6.92 Å². The number of benzene rings is 1. The zero-order chi connectivity index (χ0) is 11.5. The molecule has 1 aromatic heterocycles. The maximum atomic E-state index is 10.7. The van der Waals surface area contributed by atoms with Crippen molar-refractivity contribution in [1.29, 1.82) is 0 Å². The third-order valence-corrected chi connectivity index (χ3v) is 3.49. The average molecular weight is 363 g/mol. The first kappa shape index (κ1) is 14.4. The first-order chi connectivity index (χ1) is 7.68. The molecule has 2 rings (SSSR count). The Morgan fingerprint density at radius 2 is 2.12 bits per heavy atom. The molecule has 0 saturated heterocycles. The maximum Gasteiger partial charge on any atom is 0.302 e. The zero-order valence-corrected chi connectivity index (χ0v) is 12.7. The highest BCUT2D eigenvalue weighted by atomic mass is 127. The van der Waals surface area contributed by atoms with Crippen molar-refractivity contribution in [3.8, 4) is 0 Å². The summed E-state index contributed by atoms with van der Waals surface area (Å²) in [6, 6.07) is 8.26. The number of aryl methyl sites for hydroxylation is 1. The lowest BCUT2D eigenvalue weighted by molar-refractivity contribution is -0.674. The zero-order valence-electron chi connectivity index (χ0n) is 9.77. The number of carbonyl (C=O) groups excluding carboxylic acids is 1. The summed E-state index contributed by atoms with van der Waals surface area (Å²) in [5.74, 6) is -0.224. The van der Waals surface area contributed by atoms with E-state index in [-0.39, 0.29) is 29.9 Å². The van der Waals surface area contributed by atoms with Crippen molar-refractivity contribution in [3.05, 3.63) is 29.3 Å². The van der Waals surface area contributed by atoms with Gasteiger partial charge in [-0.2, -0.15) is 4.57 Å². The fourth-order valence-corrected chi connectivity index (χ4v) is 2.76. The van der Waals surface area contributed by atoms with E-state index >= 15 is 0 Å². The van der Waals surface area contributed by atoms with E-state index in [0.29, 0.717) is 6.61 Å². The summed E-state index contributed by atoms with van der Waals surface area (Å²) in [5.41, 5.74) is 1.21. The van der Waals surface area contributed by atoms with Crippen molar-refractivity contribution >= 4 is 27.5 Å². The van der Waals surface area contributed by atoms with Crippen LogP contribution in [-0.4, -0.2) is 12.6 Å². The molecule has 0 aliphatic heterocycles. The number of halogens is 1. The van der Waals surface area contributed by atoms with Crippen LogP contribution in [-0.2, 0) is 16.1 Å². The third kappa shape index (κ3) is 3.38. The van der Waals surface area contributed by atoms with Crippen molar-refractivity contribution in [2.75, 3.05) is 6.61 Å². The minimum Gasteiger partial charge on any atom is -1.00 e. The summed E-state index contributed by atoms with van der Waals surface area (Å²) >= 11 is 1.76. The van der Waals surface area contributed by atoms with Crippen LogP contribution in [0.25, 0.3) is 10.2 Å². The summed E-state index contributed by atoms with van der Waals surface area (Å²) < 4.78 is 8.41. The smallest absolute Gasteiger partial charge is 0.302 e. The highest BCUT2D eigenvalue weighted by Gasteiger charge is 2.16. The Bertz CT molecular complexity index is 524. The lowest BCUT2D eigenvalue weighted by atomic mass is 10.3. The summed E-state index contributed by atoms with van der Waals surface area (Å²) in [6.45, 7) is 4.67. The number of fused-ring (bicyclic) bond motifs is 1. The molecule has 1 aromatic carbocycles. The van der Waals surface area contributed by atoms with Gasteiger partial charge in [0.1, 0.15) is 4.70 Å². The van der Waals surface area contributed by atoms with Crippen LogP contribution in [0.2, 0.25) is 0 Å². The Morgan fingerprint density at radius 1 is 1.41 bits per heavy atom. The summed E-state index contributed by atoms with van der Waals surface area (Å²) in [6.07, 6.45) is 0.